The summed E-state index contributed by atoms with van der Waals surface area (Å²) >= 11 is 0. The highest BCUT2D eigenvalue weighted by Gasteiger charge is 2.21. The lowest BCUT2D eigenvalue weighted by Gasteiger charge is -2.15. The fourth-order valence-electron chi connectivity index (χ4n) is 1.60. The molecule has 0 aliphatic carbocycles. The van der Waals surface area contributed by atoms with Crippen LogP contribution in [0, 0.1) is 0 Å². The van der Waals surface area contributed by atoms with Crippen LogP contribution in [0.4, 0.5) is 4.39 Å². The highest BCUT2D eigenvalue weighted by Crippen LogP contribution is 2.12. The van der Waals surface area contributed by atoms with E-state index in [9.17, 15) is 9.18 Å². The molecule has 4 nitrogen and oxygen atoms in total. The van der Waals surface area contributed by atoms with Crippen molar-refractivity contribution in [3.05, 3.63) is 28.9 Å². The molecule has 1 aromatic heterocycles. The maximum absolute atomic E-state index is 12.8. The van der Waals surface area contributed by atoms with Gasteiger partial charge in [-0.2, -0.15) is 4.98 Å². The number of hydrogen-bond acceptors (Lipinski definition) is 3. The second-order valence-electron chi connectivity index (χ2n) is 3.52. The summed E-state index contributed by atoms with van der Waals surface area (Å²) in [5, 5.41) is 0. The number of alkyl halides is 1. The molecule has 1 aliphatic heterocycles. The Bertz CT molecular complexity index is 345. The van der Waals surface area contributed by atoms with Gasteiger partial charge < -0.3 is 4.57 Å². The zero-order chi connectivity index (χ0) is 9.97. The molecule has 14 heavy (non-hydrogen) atoms. The topological polar surface area (TPSA) is 38.1 Å². The van der Waals surface area contributed by atoms with E-state index in [2.05, 4.69) is 4.98 Å². The van der Waals surface area contributed by atoms with Crippen LogP contribution in [0.2, 0.25) is 0 Å². The summed E-state index contributed by atoms with van der Waals surface area (Å²) in [6.07, 6.45) is 3.05. The molecule has 1 saturated heterocycles. The minimum absolute atomic E-state index is 0.244. The molecule has 0 amide bonds. The van der Waals surface area contributed by atoms with Gasteiger partial charge in [0.25, 0.3) is 5.56 Å². The van der Waals surface area contributed by atoms with Crippen molar-refractivity contribution in [1.82, 2.24) is 14.5 Å². The smallest absolute Gasteiger partial charge is 0.272 e. The van der Waals surface area contributed by atoms with Gasteiger partial charge in [0.15, 0.2) is 0 Å². The summed E-state index contributed by atoms with van der Waals surface area (Å²) in [7, 11) is 0. The van der Waals surface area contributed by atoms with Crippen LogP contribution in [-0.2, 0) is 6.67 Å². The average Bonchev–Trinajstić information content (AvgIpc) is 2.56. The molecule has 2 rings (SSSR count). The predicted octanol–water partition coefficient (Wildman–Crippen LogP) is 0.245. The Morgan fingerprint density at radius 1 is 1.64 bits per heavy atom. The molecule has 2 heterocycles. The number of likely N-dealkylation sites (tertiary alicyclic amines) is 1. The fourth-order valence-corrected chi connectivity index (χ4v) is 1.60. The molecular weight excluding hydrogens is 185 g/mol. The second kappa shape index (κ2) is 3.88. The normalized spacial score (nSPS) is 22.8. The average molecular weight is 197 g/mol. The number of rotatable bonds is 2. The Morgan fingerprint density at radius 2 is 2.50 bits per heavy atom. The Balaban J connectivity index is 1.97. The van der Waals surface area contributed by atoms with Crippen molar-refractivity contribution in [3.63, 3.8) is 0 Å². The number of hydrogen-bond donors (Lipinski definition) is 0. The standard InChI is InChI=1S/C9H12FN3O/c10-8-1-3-12(5-8)7-13-4-2-9(14)11-6-13/h2,4,6,8H,1,3,5,7H2/t8-/m0/s1. The van der Waals surface area contributed by atoms with Gasteiger partial charge in [0, 0.05) is 25.4 Å². The highest BCUT2D eigenvalue weighted by molar-refractivity contribution is 4.82. The van der Waals surface area contributed by atoms with Crippen LogP contribution in [0.5, 0.6) is 0 Å². The van der Waals surface area contributed by atoms with Crippen molar-refractivity contribution >= 4 is 0 Å². The second-order valence-corrected chi connectivity index (χ2v) is 3.52. The zero-order valence-corrected chi connectivity index (χ0v) is 7.77. The van der Waals surface area contributed by atoms with Gasteiger partial charge in [-0.05, 0) is 6.42 Å². The predicted molar refractivity (Wildman–Crippen MR) is 49.6 cm³/mol. The summed E-state index contributed by atoms with van der Waals surface area (Å²) in [6, 6.07) is 1.41. The molecule has 1 atom stereocenters. The van der Waals surface area contributed by atoms with E-state index in [1.165, 1.54) is 12.4 Å². The van der Waals surface area contributed by atoms with Gasteiger partial charge in [-0.15, -0.1) is 0 Å². The van der Waals surface area contributed by atoms with Gasteiger partial charge in [-0.3, -0.25) is 9.69 Å². The minimum atomic E-state index is -0.706. The SMILES string of the molecule is O=c1ccn(CN2CC[C@H](F)C2)cn1. The van der Waals surface area contributed by atoms with Crippen LogP contribution in [0.25, 0.3) is 0 Å². The summed E-state index contributed by atoms with van der Waals surface area (Å²) in [5.41, 5.74) is -0.244. The van der Waals surface area contributed by atoms with E-state index < -0.39 is 6.17 Å². The van der Waals surface area contributed by atoms with Crippen molar-refractivity contribution in [2.45, 2.75) is 19.3 Å². The van der Waals surface area contributed by atoms with E-state index in [0.717, 1.165) is 6.54 Å². The van der Waals surface area contributed by atoms with Crippen LogP contribution >= 0.6 is 0 Å². The lowest BCUT2D eigenvalue weighted by molar-refractivity contribution is 0.240. The molecule has 1 fully saturated rings. The largest absolute Gasteiger partial charge is 0.325 e. The Morgan fingerprint density at radius 3 is 3.07 bits per heavy atom. The van der Waals surface area contributed by atoms with E-state index in [-0.39, 0.29) is 5.56 Å². The maximum atomic E-state index is 12.8. The van der Waals surface area contributed by atoms with Crippen molar-refractivity contribution in [2.75, 3.05) is 13.1 Å². The van der Waals surface area contributed by atoms with Gasteiger partial charge in [-0.25, -0.2) is 4.39 Å². The van der Waals surface area contributed by atoms with Gasteiger partial charge in [0.2, 0.25) is 0 Å². The molecule has 5 heteroatoms. The van der Waals surface area contributed by atoms with Gasteiger partial charge >= 0.3 is 0 Å². The first-order valence-electron chi connectivity index (χ1n) is 4.62. The molecule has 1 aromatic rings. The van der Waals surface area contributed by atoms with E-state index >= 15 is 0 Å². The fraction of sp³-hybridized carbons (Fsp3) is 0.556. The Hall–Kier alpha value is -1.23. The van der Waals surface area contributed by atoms with Crippen molar-refractivity contribution in [2.24, 2.45) is 0 Å². The molecular formula is C9H12FN3O. The molecule has 76 valence electrons. The Labute approximate surface area is 81.0 Å². The zero-order valence-electron chi connectivity index (χ0n) is 7.77. The molecule has 1 aliphatic rings. The lowest BCUT2D eigenvalue weighted by Crippen LogP contribution is -2.25. The molecule has 0 saturated carbocycles. The van der Waals surface area contributed by atoms with Gasteiger partial charge in [-0.1, -0.05) is 0 Å². The first-order chi connectivity index (χ1) is 6.74. The Kier molecular flexibility index (Phi) is 2.58. The minimum Gasteiger partial charge on any atom is -0.325 e. The summed E-state index contributed by atoms with van der Waals surface area (Å²) < 4.78 is 14.6. The highest BCUT2D eigenvalue weighted by atomic mass is 19.1. The van der Waals surface area contributed by atoms with Crippen LogP contribution in [0.15, 0.2) is 23.4 Å². The van der Waals surface area contributed by atoms with Crippen molar-refractivity contribution in [1.29, 1.82) is 0 Å². The molecule has 0 radical (unpaired) electrons. The first kappa shape index (κ1) is 9.33. The number of halogens is 1. The summed E-state index contributed by atoms with van der Waals surface area (Å²) in [5.74, 6) is 0. The summed E-state index contributed by atoms with van der Waals surface area (Å²) in [4.78, 5) is 16.3. The molecule has 0 N–H and O–H groups in total. The van der Waals surface area contributed by atoms with Crippen molar-refractivity contribution in [3.8, 4) is 0 Å². The molecule has 0 aromatic carbocycles. The molecule has 0 bridgehead atoms. The number of aromatic nitrogens is 2. The third-order valence-electron chi connectivity index (χ3n) is 2.32. The van der Waals surface area contributed by atoms with E-state index in [0.29, 0.717) is 19.6 Å². The summed E-state index contributed by atoms with van der Waals surface area (Å²) in [6.45, 7) is 1.85. The van der Waals surface area contributed by atoms with Crippen LogP contribution in [-0.4, -0.2) is 33.7 Å². The quantitative estimate of drug-likeness (QED) is 0.682. The monoisotopic (exact) mass is 197 g/mol. The third kappa shape index (κ3) is 2.17. The lowest BCUT2D eigenvalue weighted by atomic mass is 10.3. The number of nitrogens with zero attached hydrogens (tertiary/aromatic N) is 3. The molecule has 0 spiro atoms. The van der Waals surface area contributed by atoms with E-state index in [1.54, 1.807) is 10.8 Å². The van der Waals surface area contributed by atoms with Crippen molar-refractivity contribution < 1.29 is 4.39 Å². The van der Waals surface area contributed by atoms with Gasteiger partial charge in [0.05, 0.1) is 13.0 Å². The van der Waals surface area contributed by atoms with E-state index in [4.69, 9.17) is 0 Å². The third-order valence-corrected chi connectivity index (χ3v) is 2.32. The van der Waals surface area contributed by atoms with Crippen LogP contribution < -0.4 is 5.56 Å². The van der Waals surface area contributed by atoms with Crippen LogP contribution in [0.1, 0.15) is 6.42 Å². The first-order valence-corrected chi connectivity index (χ1v) is 4.62. The molecule has 0 unspecified atom stereocenters. The van der Waals surface area contributed by atoms with Crippen LogP contribution in [0.3, 0.4) is 0 Å². The van der Waals surface area contributed by atoms with E-state index in [1.807, 2.05) is 4.90 Å². The van der Waals surface area contributed by atoms with Gasteiger partial charge in [0.1, 0.15) is 6.17 Å². The maximum Gasteiger partial charge on any atom is 0.272 e.